The van der Waals surface area contributed by atoms with Gasteiger partial charge in [-0.05, 0) is 38.1 Å². The van der Waals surface area contributed by atoms with E-state index in [-0.39, 0.29) is 11.9 Å². The molecule has 3 heterocycles. The minimum atomic E-state index is -0.166. The Morgan fingerprint density at radius 3 is 2.71 bits per heavy atom. The fourth-order valence-electron chi connectivity index (χ4n) is 2.88. The maximum Gasteiger partial charge on any atom is 0.269 e. The second kappa shape index (κ2) is 7.59. The van der Waals surface area contributed by atoms with E-state index in [0.717, 1.165) is 30.3 Å². The lowest BCUT2D eigenvalue weighted by Gasteiger charge is -2.33. The van der Waals surface area contributed by atoms with E-state index in [1.807, 2.05) is 38.1 Å². The van der Waals surface area contributed by atoms with E-state index in [2.05, 4.69) is 15.2 Å². The van der Waals surface area contributed by atoms with Crippen molar-refractivity contribution in [1.82, 2.24) is 15.2 Å². The van der Waals surface area contributed by atoms with E-state index >= 15 is 0 Å². The maximum atomic E-state index is 12.4. The number of nitrogens with zero attached hydrogens (tertiary/aromatic N) is 2. The van der Waals surface area contributed by atoms with Crippen molar-refractivity contribution in [1.29, 1.82) is 0 Å². The van der Waals surface area contributed by atoms with Gasteiger partial charge in [-0.25, -0.2) is 4.98 Å². The summed E-state index contributed by atoms with van der Waals surface area (Å²) < 4.78 is 11.2. The van der Waals surface area contributed by atoms with Crippen LogP contribution in [0.15, 0.2) is 34.7 Å². The molecular weight excluding hydrogens is 306 g/mol. The predicted octanol–water partition coefficient (Wildman–Crippen LogP) is 2.09. The molecular formula is C18H23N3O3. The number of furan rings is 1. The van der Waals surface area contributed by atoms with Crippen molar-refractivity contribution in [3.8, 4) is 0 Å². The minimum Gasteiger partial charge on any atom is -0.465 e. The van der Waals surface area contributed by atoms with Gasteiger partial charge in [-0.15, -0.1) is 0 Å². The number of ether oxygens (including phenoxy) is 1. The summed E-state index contributed by atoms with van der Waals surface area (Å²) in [6.45, 7) is 7.31. The van der Waals surface area contributed by atoms with Gasteiger partial charge in [0.25, 0.3) is 5.91 Å². The van der Waals surface area contributed by atoms with E-state index in [4.69, 9.17) is 9.15 Å². The first-order chi connectivity index (χ1) is 11.6. The summed E-state index contributed by atoms with van der Waals surface area (Å²) in [5.41, 5.74) is 1.26. The van der Waals surface area contributed by atoms with E-state index in [0.29, 0.717) is 25.5 Å². The molecule has 0 bridgehead atoms. The van der Waals surface area contributed by atoms with Crippen molar-refractivity contribution in [3.63, 3.8) is 0 Å². The molecule has 0 aliphatic carbocycles. The van der Waals surface area contributed by atoms with Gasteiger partial charge in [0.05, 0.1) is 19.3 Å². The van der Waals surface area contributed by atoms with Crippen molar-refractivity contribution in [2.75, 3.05) is 32.8 Å². The summed E-state index contributed by atoms with van der Waals surface area (Å²) in [5, 5.41) is 2.99. The molecule has 2 aromatic rings. The van der Waals surface area contributed by atoms with Gasteiger partial charge < -0.3 is 14.5 Å². The highest BCUT2D eigenvalue weighted by Crippen LogP contribution is 2.23. The van der Waals surface area contributed by atoms with Gasteiger partial charge in [0.15, 0.2) is 0 Å². The lowest BCUT2D eigenvalue weighted by Crippen LogP contribution is -2.43. The molecule has 0 aromatic carbocycles. The predicted molar refractivity (Wildman–Crippen MR) is 89.9 cm³/mol. The number of pyridine rings is 1. The van der Waals surface area contributed by atoms with Gasteiger partial charge in [0, 0.05) is 25.3 Å². The topological polar surface area (TPSA) is 67.6 Å². The quantitative estimate of drug-likeness (QED) is 0.910. The Morgan fingerprint density at radius 2 is 2.04 bits per heavy atom. The number of nitrogens with one attached hydrogen (secondary N) is 1. The van der Waals surface area contributed by atoms with Crippen molar-refractivity contribution in [2.24, 2.45) is 0 Å². The summed E-state index contributed by atoms with van der Waals surface area (Å²) in [6, 6.07) is 9.37. The Bertz CT molecular complexity index is 692. The average molecular weight is 329 g/mol. The third-order valence-corrected chi connectivity index (χ3v) is 4.15. The van der Waals surface area contributed by atoms with Crippen LogP contribution in [0.5, 0.6) is 0 Å². The van der Waals surface area contributed by atoms with Crippen molar-refractivity contribution in [2.45, 2.75) is 19.9 Å². The molecule has 1 atom stereocenters. The molecule has 0 spiro atoms. The molecule has 2 aromatic heterocycles. The van der Waals surface area contributed by atoms with E-state index in [9.17, 15) is 4.79 Å². The normalized spacial score (nSPS) is 16.8. The van der Waals surface area contributed by atoms with Gasteiger partial charge in [-0.2, -0.15) is 0 Å². The van der Waals surface area contributed by atoms with Gasteiger partial charge in [0.1, 0.15) is 17.2 Å². The zero-order valence-corrected chi connectivity index (χ0v) is 14.1. The minimum absolute atomic E-state index is 0.00337. The van der Waals surface area contributed by atoms with Gasteiger partial charge in [-0.1, -0.05) is 6.07 Å². The number of aryl methyl sites for hydroxylation is 2. The van der Waals surface area contributed by atoms with Crippen LogP contribution in [0, 0.1) is 13.8 Å². The molecule has 1 unspecified atom stereocenters. The van der Waals surface area contributed by atoms with Crippen LogP contribution in [0.25, 0.3) is 0 Å². The zero-order chi connectivity index (χ0) is 16.9. The fraction of sp³-hybridized carbons (Fsp3) is 0.444. The van der Waals surface area contributed by atoms with Crippen LogP contribution in [0.4, 0.5) is 0 Å². The lowest BCUT2D eigenvalue weighted by atomic mass is 10.1. The number of carbonyl (C=O) groups excluding carboxylic acids is 1. The van der Waals surface area contributed by atoms with Gasteiger partial charge in [0.2, 0.25) is 0 Å². The second-order valence-electron chi connectivity index (χ2n) is 5.99. The first-order valence-electron chi connectivity index (χ1n) is 8.23. The monoisotopic (exact) mass is 329 g/mol. The Labute approximate surface area is 141 Å². The molecule has 0 radical (unpaired) electrons. The van der Waals surface area contributed by atoms with Crippen LogP contribution in [0.1, 0.15) is 33.7 Å². The van der Waals surface area contributed by atoms with Crippen LogP contribution in [-0.4, -0.2) is 48.6 Å². The second-order valence-corrected chi connectivity index (χ2v) is 5.99. The Balaban J connectivity index is 1.70. The Morgan fingerprint density at radius 1 is 1.25 bits per heavy atom. The Hall–Kier alpha value is -2.18. The molecule has 3 rings (SSSR count). The first-order valence-corrected chi connectivity index (χ1v) is 8.23. The Kier molecular flexibility index (Phi) is 5.27. The fourth-order valence-corrected chi connectivity index (χ4v) is 2.88. The highest BCUT2D eigenvalue weighted by atomic mass is 16.5. The maximum absolute atomic E-state index is 12.4. The summed E-state index contributed by atoms with van der Waals surface area (Å²) >= 11 is 0. The van der Waals surface area contributed by atoms with Crippen molar-refractivity contribution in [3.05, 3.63) is 53.2 Å². The smallest absolute Gasteiger partial charge is 0.269 e. The van der Waals surface area contributed by atoms with Crippen LogP contribution >= 0.6 is 0 Å². The zero-order valence-electron chi connectivity index (χ0n) is 14.1. The van der Waals surface area contributed by atoms with Crippen molar-refractivity contribution >= 4 is 5.91 Å². The van der Waals surface area contributed by atoms with Gasteiger partial charge >= 0.3 is 0 Å². The molecule has 1 N–H and O–H groups in total. The highest BCUT2D eigenvalue weighted by Gasteiger charge is 2.26. The summed E-state index contributed by atoms with van der Waals surface area (Å²) in [4.78, 5) is 18.9. The van der Waals surface area contributed by atoms with E-state index in [1.54, 1.807) is 6.07 Å². The molecule has 1 amide bonds. The number of hydrogen-bond donors (Lipinski definition) is 1. The number of aromatic nitrogens is 1. The van der Waals surface area contributed by atoms with Crippen LogP contribution in [-0.2, 0) is 4.74 Å². The first kappa shape index (κ1) is 16.7. The standard InChI is InChI=1S/C18H23N3O3/c1-13-4-3-5-15(20-13)18(22)19-12-16(17-7-6-14(2)24-17)21-8-10-23-11-9-21/h3-7,16H,8-12H2,1-2H3,(H,19,22). The van der Waals surface area contributed by atoms with Crippen LogP contribution in [0.2, 0.25) is 0 Å². The third-order valence-electron chi connectivity index (χ3n) is 4.15. The third kappa shape index (κ3) is 4.01. The van der Waals surface area contributed by atoms with Crippen LogP contribution < -0.4 is 5.32 Å². The highest BCUT2D eigenvalue weighted by molar-refractivity contribution is 5.92. The SMILES string of the molecule is Cc1cccc(C(=O)NCC(c2ccc(C)o2)N2CCOCC2)n1. The largest absolute Gasteiger partial charge is 0.465 e. The summed E-state index contributed by atoms with van der Waals surface area (Å²) in [5.74, 6) is 1.57. The number of carbonyl (C=O) groups is 1. The molecule has 1 saturated heterocycles. The number of rotatable bonds is 5. The number of morpholine rings is 1. The van der Waals surface area contributed by atoms with E-state index < -0.39 is 0 Å². The molecule has 128 valence electrons. The van der Waals surface area contributed by atoms with Crippen LogP contribution in [0.3, 0.4) is 0 Å². The molecule has 24 heavy (non-hydrogen) atoms. The summed E-state index contributed by atoms with van der Waals surface area (Å²) in [7, 11) is 0. The number of amides is 1. The molecule has 6 nitrogen and oxygen atoms in total. The van der Waals surface area contributed by atoms with E-state index in [1.165, 1.54) is 0 Å². The molecule has 1 aliphatic heterocycles. The molecule has 1 fully saturated rings. The lowest BCUT2D eigenvalue weighted by molar-refractivity contribution is 0.0117. The van der Waals surface area contributed by atoms with Crippen molar-refractivity contribution < 1.29 is 13.9 Å². The molecule has 0 saturated carbocycles. The molecule has 6 heteroatoms. The van der Waals surface area contributed by atoms with Gasteiger partial charge in [-0.3, -0.25) is 9.69 Å². The number of hydrogen-bond acceptors (Lipinski definition) is 5. The summed E-state index contributed by atoms with van der Waals surface area (Å²) in [6.07, 6.45) is 0. The molecule has 1 aliphatic rings. The average Bonchev–Trinajstić information content (AvgIpc) is 3.02.